The third-order valence-electron chi connectivity index (χ3n) is 3.78. The number of nitrogens with one attached hydrogen (secondary N) is 1. The lowest BCUT2D eigenvalue weighted by molar-refractivity contribution is -0.141. The highest BCUT2D eigenvalue weighted by atomic mass is 16.4. The van der Waals surface area contributed by atoms with E-state index in [2.05, 4.69) is 10.2 Å². The van der Waals surface area contributed by atoms with E-state index in [0.29, 0.717) is 0 Å². The van der Waals surface area contributed by atoms with Crippen LogP contribution in [0.15, 0.2) is 0 Å². The average Bonchev–Trinajstić information content (AvgIpc) is 2.71. The Hall–Kier alpha value is -1.34. The van der Waals surface area contributed by atoms with Crippen LogP contribution in [0.5, 0.6) is 0 Å². The molecule has 19 heavy (non-hydrogen) atoms. The average molecular weight is 271 g/mol. The zero-order chi connectivity index (χ0) is 14.0. The number of hydrogen-bond donors (Lipinski definition) is 3. The second-order valence-corrected chi connectivity index (χ2v) is 5.45. The smallest absolute Gasteiger partial charge is 0.326 e. The van der Waals surface area contributed by atoms with E-state index in [-0.39, 0.29) is 25.0 Å². The first-order valence-corrected chi connectivity index (χ1v) is 6.64. The summed E-state index contributed by atoms with van der Waals surface area (Å²) in [5.41, 5.74) is 0. The quantitative estimate of drug-likeness (QED) is 0.618. The Kier molecular flexibility index (Phi) is 4.26. The molecule has 2 amide bonds. The molecule has 108 valence electrons. The van der Waals surface area contributed by atoms with Gasteiger partial charge >= 0.3 is 12.0 Å². The summed E-state index contributed by atoms with van der Waals surface area (Å²) in [5.74, 6) is -1.06. The topological polar surface area (TPSA) is 93.1 Å². The van der Waals surface area contributed by atoms with Crippen LogP contribution in [0.1, 0.15) is 19.3 Å². The monoisotopic (exact) mass is 271 g/mol. The number of urea groups is 1. The van der Waals surface area contributed by atoms with Crippen LogP contribution in [0, 0.1) is 0 Å². The second-order valence-electron chi connectivity index (χ2n) is 5.45. The Bertz CT molecular complexity index is 363. The van der Waals surface area contributed by atoms with Crippen molar-refractivity contribution in [2.45, 2.75) is 37.5 Å². The van der Waals surface area contributed by atoms with Crippen LogP contribution in [0.2, 0.25) is 0 Å². The van der Waals surface area contributed by atoms with Gasteiger partial charge in [0.1, 0.15) is 6.04 Å². The Labute approximate surface area is 112 Å². The normalized spacial score (nSPS) is 32.3. The van der Waals surface area contributed by atoms with Gasteiger partial charge in [-0.1, -0.05) is 0 Å². The summed E-state index contributed by atoms with van der Waals surface area (Å²) in [6, 6.07) is -1.25. The molecule has 2 heterocycles. The molecule has 3 N–H and O–H groups in total. The van der Waals surface area contributed by atoms with Crippen molar-refractivity contribution in [2.24, 2.45) is 0 Å². The number of piperidine rings is 1. The molecule has 0 aromatic rings. The number of carbonyl (C=O) groups is 2. The number of β-amino-alcohol motifs (C(OH)–C–C–N with tert-alkyl or cyclic N) is 1. The lowest BCUT2D eigenvalue weighted by Crippen LogP contribution is -2.53. The predicted octanol–water partition coefficient (Wildman–Crippen LogP) is -0.690. The van der Waals surface area contributed by atoms with Crippen molar-refractivity contribution in [1.82, 2.24) is 15.1 Å². The van der Waals surface area contributed by atoms with Crippen LogP contribution < -0.4 is 5.32 Å². The summed E-state index contributed by atoms with van der Waals surface area (Å²) in [7, 11) is 2.00. The molecule has 0 saturated carbocycles. The number of amides is 2. The maximum Gasteiger partial charge on any atom is 0.326 e. The largest absolute Gasteiger partial charge is 0.480 e. The van der Waals surface area contributed by atoms with Crippen molar-refractivity contribution in [1.29, 1.82) is 0 Å². The van der Waals surface area contributed by atoms with Crippen molar-refractivity contribution in [3.05, 3.63) is 0 Å². The van der Waals surface area contributed by atoms with Crippen molar-refractivity contribution >= 4 is 12.0 Å². The highest BCUT2D eigenvalue weighted by molar-refractivity contribution is 5.83. The highest BCUT2D eigenvalue weighted by Crippen LogP contribution is 2.19. The van der Waals surface area contributed by atoms with E-state index in [1.54, 1.807) is 0 Å². The summed E-state index contributed by atoms with van der Waals surface area (Å²) in [4.78, 5) is 26.5. The number of aliphatic hydroxyl groups is 1. The van der Waals surface area contributed by atoms with Gasteiger partial charge in [-0.05, 0) is 26.4 Å². The number of hydrogen-bond acceptors (Lipinski definition) is 4. The molecule has 0 aliphatic carbocycles. The number of carboxylic acids is 1. The number of rotatable bonds is 2. The minimum atomic E-state index is -1.06. The fourth-order valence-electron chi connectivity index (χ4n) is 2.81. The number of aliphatic carboxylic acids is 1. The van der Waals surface area contributed by atoms with Crippen molar-refractivity contribution in [2.75, 3.05) is 26.7 Å². The van der Waals surface area contributed by atoms with E-state index < -0.39 is 18.1 Å². The third-order valence-corrected chi connectivity index (χ3v) is 3.78. The number of aliphatic hydroxyl groups excluding tert-OH is 1. The fraction of sp³-hybridized carbons (Fsp3) is 0.833. The molecule has 2 saturated heterocycles. The molecule has 2 rings (SSSR count). The first kappa shape index (κ1) is 14.1. The molecule has 0 aromatic heterocycles. The van der Waals surface area contributed by atoms with E-state index in [1.807, 2.05) is 7.05 Å². The molecule has 7 heteroatoms. The van der Waals surface area contributed by atoms with Gasteiger partial charge in [0.15, 0.2) is 0 Å². The van der Waals surface area contributed by atoms with Gasteiger partial charge in [0, 0.05) is 25.6 Å². The zero-order valence-corrected chi connectivity index (χ0v) is 11.1. The summed E-state index contributed by atoms with van der Waals surface area (Å²) < 4.78 is 0. The Morgan fingerprint density at radius 2 is 2.05 bits per heavy atom. The summed E-state index contributed by atoms with van der Waals surface area (Å²) in [6.07, 6.45) is 1.28. The minimum Gasteiger partial charge on any atom is -0.480 e. The molecule has 0 bridgehead atoms. The Morgan fingerprint density at radius 3 is 2.68 bits per heavy atom. The SMILES string of the molecule is CN1CCCC(NC(=O)N2C[C@H](O)C[C@H]2C(=O)O)C1. The Balaban J connectivity index is 1.93. The molecular formula is C12H21N3O4. The summed E-state index contributed by atoms with van der Waals surface area (Å²) in [5, 5.41) is 21.4. The summed E-state index contributed by atoms with van der Waals surface area (Å²) in [6.45, 7) is 1.89. The molecule has 0 radical (unpaired) electrons. The van der Waals surface area contributed by atoms with Gasteiger partial charge in [0.2, 0.25) is 0 Å². The van der Waals surface area contributed by atoms with E-state index in [9.17, 15) is 14.7 Å². The van der Waals surface area contributed by atoms with Gasteiger partial charge in [0.05, 0.1) is 6.10 Å². The van der Waals surface area contributed by atoms with Gasteiger partial charge in [0.25, 0.3) is 0 Å². The van der Waals surface area contributed by atoms with Crippen LogP contribution in [0.4, 0.5) is 4.79 Å². The molecule has 2 fully saturated rings. The molecule has 3 atom stereocenters. The van der Waals surface area contributed by atoms with Crippen molar-refractivity contribution < 1.29 is 19.8 Å². The van der Waals surface area contributed by atoms with Crippen LogP contribution >= 0.6 is 0 Å². The number of nitrogens with zero attached hydrogens (tertiary/aromatic N) is 2. The molecule has 7 nitrogen and oxygen atoms in total. The van der Waals surface area contributed by atoms with Gasteiger partial charge in [-0.3, -0.25) is 0 Å². The van der Waals surface area contributed by atoms with Gasteiger partial charge in [-0.25, -0.2) is 9.59 Å². The molecular weight excluding hydrogens is 250 g/mol. The van der Waals surface area contributed by atoms with Gasteiger partial charge in [-0.15, -0.1) is 0 Å². The molecule has 2 aliphatic heterocycles. The third kappa shape index (κ3) is 3.36. The van der Waals surface area contributed by atoms with E-state index in [0.717, 1.165) is 25.9 Å². The lowest BCUT2D eigenvalue weighted by Gasteiger charge is -2.32. The first-order valence-electron chi connectivity index (χ1n) is 6.64. The van der Waals surface area contributed by atoms with Crippen LogP contribution in [0.25, 0.3) is 0 Å². The van der Waals surface area contributed by atoms with Crippen LogP contribution in [-0.4, -0.2) is 76.9 Å². The minimum absolute atomic E-state index is 0.0541. The molecule has 0 aromatic carbocycles. The predicted molar refractivity (Wildman–Crippen MR) is 67.8 cm³/mol. The van der Waals surface area contributed by atoms with E-state index in [1.165, 1.54) is 4.90 Å². The number of likely N-dealkylation sites (tertiary alicyclic amines) is 2. The fourth-order valence-corrected chi connectivity index (χ4v) is 2.81. The number of likely N-dealkylation sites (N-methyl/N-ethyl adjacent to an activating group) is 1. The standard InChI is InChI=1S/C12H21N3O4/c1-14-4-2-3-8(6-14)13-12(19)15-7-9(16)5-10(15)11(17)18/h8-10,16H,2-7H2,1H3,(H,13,19)(H,17,18)/t8?,9-,10+/m1/s1. The van der Waals surface area contributed by atoms with Gasteiger partial charge in [-0.2, -0.15) is 0 Å². The van der Waals surface area contributed by atoms with Crippen molar-refractivity contribution in [3.8, 4) is 0 Å². The number of carboxylic acid groups (broad SMARTS) is 1. The van der Waals surface area contributed by atoms with E-state index >= 15 is 0 Å². The van der Waals surface area contributed by atoms with Crippen molar-refractivity contribution in [3.63, 3.8) is 0 Å². The summed E-state index contributed by atoms with van der Waals surface area (Å²) >= 11 is 0. The molecule has 1 unspecified atom stereocenters. The van der Waals surface area contributed by atoms with Crippen LogP contribution in [0.3, 0.4) is 0 Å². The lowest BCUT2D eigenvalue weighted by atomic mass is 10.1. The first-order chi connectivity index (χ1) is 8.97. The molecule has 0 spiro atoms. The second kappa shape index (κ2) is 5.75. The Morgan fingerprint density at radius 1 is 1.32 bits per heavy atom. The van der Waals surface area contributed by atoms with Gasteiger partial charge < -0.3 is 25.3 Å². The molecule has 2 aliphatic rings. The van der Waals surface area contributed by atoms with E-state index in [4.69, 9.17) is 5.11 Å². The number of carbonyl (C=O) groups excluding carboxylic acids is 1. The zero-order valence-electron chi connectivity index (χ0n) is 11.1. The van der Waals surface area contributed by atoms with Crippen LogP contribution in [-0.2, 0) is 4.79 Å². The maximum atomic E-state index is 12.1. The maximum absolute atomic E-state index is 12.1. The highest BCUT2D eigenvalue weighted by Gasteiger charge is 2.39.